The summed E-state index contributed by atoms with van der Waals surface area (Å²) in [7, 11) is 0. The fraction of sp³-hybridized carbons (Fsp3) is 0.278. The normalized spacial score (nSPS) is 19.1. The van der Waals surface area contributed by atoms with Gasteiger partial charge in [-0.1, -0.05) is 43.6 Å². The number of fused-ring (bicyclic) bond motifs is 1. The number of carbonyl (C=O) groups excluding carboxylic acids is 1. The van der Waals surface area contributed by atoms with Crippen LogP contribution in [0.3, 0.4) is 0 Å². The van der Waals surface area contributed by atoms with E-state index in [2.05, 4.69) is 19.2 Å². The molecule has 114 valence electrons. The maximum Gasteiger partial charge on any atom is 0.249 e. The highest BCUT2D eigenvalue weighted by Crippen LogP contribution is 2.45. The number of carbonyl (C=O) groups is 1. The first-order chi connectivity index (χ1) is 10.4. The Morgan fingerprint density at radius 2 is 2.00 bits per heavy atom. The van der Waals surface area contributed by atoms with Gasteiger partial charge in [0.15, 0.2) is 0 Å². The second-order valence-electron chi connectivity index (χ2n) is 6.43. The Balaban J connectivity index is 2.06. The highest BCUT2D eigenvalue weighted by Gasteiger charge is 2.34. The van der Waals surface area contributed by atoms with E-state index in [1.54, 1.807) is 6.07 Å². The molecule has 0 spiro atoms. The van der Waals surface area contributed by atoms with Crippen molar-refractivity contribution in [3.63, 3.8) is 0 Å². The van der Waals surface area contributed by atoms with Crippen LogP contribution >= 0.6 is 11.6 Å². The minimum atomic E-state index is -0.392. The van der Waals surface area contributed by atoms with Crippen molar-refractivity contribution < 1.29 is 4.79 Å². The van der Waals surface area contributed by atoms with E-state index in [1.807, 2.05) is 36.4 Å². The average molecular weight is 315 g/mol. The molecule has 1 aliphatic heterocycles. The Morgan fingerprint density at radius 3 is 2.73 bits per heavy atom. The van der Waals surface area contributed by atoms with Crippen molar-refractivity contribution >= 4 is 23.2 Å². The topological polar surface area (TPSA) is 55.1 Å². The molecular formula is C18H19ClN2O. The Hall–Kier alpha value is -2.00. The number of nitrogens with two attached hydrogens (primary N) is 1. The maximum atomic E-state index is 11.7. The minimum Gasteiger partial charge on any atom is -0.378 e. The molecule has 1 atom stereocenters. The Morgan fingerprint density at radius 1 is 1.27 bits per heavy atom. The lowest BCUT2D eigenvalue weighted by Gasteiger charge is -2.39. The van der Waals surface area contributed by atoms with Crippen LogP contribution in [0, 0.1) is 0 Å². The molecule has 0 saturated carbocycles. The lowest BCUT2D eigenvalue weighted by Crippen LogP contribution is -2.32. The lowest BCUT2D eigenvalue weighted by molar-refractivity contribution is 0.0999. The van der Waals surface area contributed by atoms with Gasteiger partial charge in [-0.05, 0) is 47.2 Å². The SMILES string of the molecule is CC1(C)CC(c2ccccc2C(N)=O)Nc2ccc(Cl)cc21. The van der Waals surface area contributed by atoms with E-state index in [1.165, 1.54) is 5.56 Å². The molecule has 2 aromatic carbocycles. The van der Waals surface area contributed by atoms with E-state index in [0.29, 0.717) is 5.56 Å². The van der Waals surface area contributed by atoms with E-state index < -0.39 is 5.91 Å². The van der Waals surface area contributed by atoms with Crippen molar-refractivity contribution in [3.05, 3.63) is 64.2 Å². The van der Waals surface area contributed by atoms with Gasteiger partial charge in [0, 0.05) is 16.3 Å². The number of halogens is 1. The molecule has 1 heterocycles. The van der Waals surface area contributed by atoms with Crippen LogP contribution in [0.15, 0.2) is 42.5 Å². The smallest absolute Gasteiger partial charge is 0.249 e. The van der Waals surface area contributed by atoms with Crippen LogP contribution in [0.25, 0.3) is 0 Å². The van der Waals surface area contributed by atoms with Crippen molar-refractivity contribution in [2.24, 2.45) is 5.73 Å². The third-order valence-corrected chi connectivity index (χ3v) is 4.59. The summed E-state index contributed by atoms with van der Waals surface area (Å²) in [5.74, 6) is -0.392. The molecule has 0 radical (unpaired) electrons. The first-order valence-electron chi connectivity index (χ1n) is 7.34. The predicted molar refractivity (Wildman–Crippen MR) is 90.4 cm³/mol. The number of anilines is 1. The first-order valence-corrected chi connectivity index (χ1v) is 7.71. The second-order valence-corrected chi connectivity index (χ2v) is 6.86. The zero-order valence-corrected chi connectivity index (χ0v) is 13.4. The number of rotatable bonds is 2. The number of nitrogens with one attached hydrogen (secondary N) is 1. The summed E-state index contributed by atoms with van der Waals surface area (Å²) in [5, 5.41) is 4.27. The van der Waals surface area contributed by atoms with Gasteiger partial charge in [0.2, 0.25) is 5.91 Å². The van der Waals surface area contributed by atoms with Crippen molar-refractivity contribution in [2.45, 2.75) is 31.7 Å². The fourth-order valence-electron chi connectivity index (χ4n) is 3.27. The number of hydrogen-bond acceptors (Lipinski definition) is 2. The summed E-state index contributed by atoms with van der Waals surface area (Å²) in [4.78, 5) is 11.7. The quantitative estimate of drug-likeness (QED) is 0.869. The molecule has 1 aliphatic rings. The molecule has 3 N–H and O–H groups in total. The summed E-state index contributed by atoms with van der Waals surface area (Å²) in [6, 6.07) is 13.5. The summed E-state index contributed by atoms with van der Waals surface area (Å²) < 4.78 is 0. The molecule has 1 amide bonds. The molecule has 22 heavy (non-hydrogen) atoms. The standard InChI is InChI=1S/C18H19ClN2O/c1-18(2)10-16(12-5-3-4-6-13(12)17(20)22)21-15-8-7-11(19)9-14(15)18/h3-9,16,21H,10H2,1-2H3,(H2,20,22). The molecule has 4 heteroatoms. The largest absolute Gasteiger partial charge is 0.378 e. The average Bonchev–Trinajstić information content (AvgIpc) is 2.47. The van der Waals surface area contributed by atoms with Gasteiger partial charge in [-0.3, -0.25) is 4.79 Å². The maximum absolute atomic E-state index is 11.7. The molecule has 0 saturated heterocycles. The predicted octanol–water partition coefficient (Wildman–Crippen LogP) is 4.27. The minimum absolute atomic E-state index is 0.0408. The van der Waals surface area contributed by atoms with Crippen molar-refractivity contribution in [1.29, 1.82) is 0 Å². The fourth-order valence-corrected chi connectivity index (χ4v) is 3.45. The van der Waals surface area contributed by atoms with Gasteiger partial charge in [0.05, 0.1) is 6.04 Å². The van der Waals surface area contributed by atoms with E-state index in [-0.39, 0.29) is 11.5 Å². The van der Waals surface area contributed by atoms with Gasteiger partial charge in [-0.25, -0.2) is 0 Å². The third-order valence-electron chi connectivity index (χ3n) is 4.36. The van der Waals surface area contributed by atoms with E-state index in [4.69, 9.17) is 17.3 Å². The van der Waals surface area contributed by atoms with Crippen molar-refractivity contribution in [2.75, 3.05) is 5.32 Å². The molecular weight excluding hydrogens is 296 g/mol. The Kier molecular flexibility index (Phi) is 3.61. The number of amides is 1. The molecule has 0 aliphatic carbocycles. The molecule has 3 rings (SSSR count). The van der Waals surface area contributed by atoms with Crippen LogP contribution in [0.2, 0.25) is 5.02 Å². The molecule has 3 nitrogen and oxygen atoms in total. The monoisotopic (exact) mass is 314 g/mol. The molecule has 0 fully saturated rings. The van der Waals surface area contributed by atoms with Gasteiger partial charge in [-0.2, -0.15) is 0 Å². The third kappa shape index (κ3) is 2.57. The number of hydrogen-bond donors (Lipinski definition) is 2. The lowest BCUT2D eigenvalue weighted by atomic mass is 9.73. The highest BCUT2D eigenvalue weighted by atomic mass is 35.5. The van der Waals surface area contributed by atoms with Gasteiger partial charge >= 0.3 is 0 Å². The van der Waals surface area contributed by atoms with E-state index in [9.17, 15) is 4.79 Å². The number of benzene rings is 2. The van der Waals surface area contributed by atoms with E-state index >= 15 is 0 Å². The van der Waals surface area contributed by atoms with Crippen molar-refractivity contribution in [1.82, 2.24) is 0 Å². The first kappa shape index (κ1) is 14.9. The number of primary amides is 1. The van der Waals surface area contributed by atoms with Gasteiger partial charge < -0.3 is 11.1 Å². The van der Waals surface area contributed by atoms with Crippen LogP contribution in [0.5, 0.6) is 0 Å². The van der Waals surface area contributed by atoms with Gasteiger partial charge in [0.1, 0.15) is 0 Å². The molecule has 0 bridgehead atoms. The molecule has 2 aromatic rings. The zero-order valence-electron chi connectivity index (χ0n) is 12.7. The zero-order chi connectivity index (χ0) is 15.9. The van der Waals surface area contributed by atoms with E-state index in [0.717, 1.165) is 22.7 Å². The highest BCUT2D eigenvalue weighted by molar-refractivity contribution is 6.30. The van der Waals surface area contributed by atoms with Crippen molar-refractivity contribution in [3.8, 4) is 0 Å². The summed E-state index contributed by atoms with van der Waals surface area (Å²) >= 11 is 6.14. The van der Waals surface area contributed by atoms with Crippen LogP contribution in [-0.2, 0) is 5.41 Å². The van der Waals surface area contributed by atoms with Crippen LogP contribution < -0.4 is 11.1 Å². The Bertz CT molecular complexity index is 740. The van der Waals surface area contributed by atoms with Gasteiger partial charge in [-0.15, -0.1) is 0 Å². The second kappa shape index (κ2) is 5.33. The van der Waals surface area contributed by atoms with Crippen LogP contribution in [0.4, 0.5) is 5.69 Å². The van der Waals surface area contributed by atoms with Gasteiger partial charge in [0.25, 0.3) is 0 Å². The van der Waals surface area contributed by atoms with Crippen LogP contribution in [0.1, 0.15) is 47.8 Å². The van der Waals surface area contributed by atoms with Crippen LogP contribution in [-0.4, -0.2) is 5.91 Å². The Labute approximate surface area is 135 Å². The summed E-state index contributed by atoms with van der Waals surface area (Å²) in [5.41, 5.74) is 9.27. The molecule has 1 unspecified atom stereocenters. The summed E-state index contributed by atoms with van der Waals surface area (Å²) in [6.07, 6.45) is 0.866. The summed E-state index contributed by atoms with van der Waals surface area (Å²) in [6.45, 7) is 4.39. The molecule has 0 aromatic heterocycles.